The molecule has 0 radical (unpaired) electrons. The molecular weight excluding hydrogens is 428 g/mol. The Morgan fingerprint density at radius 2 is 1.57 bits per heavy atom. The van der Waals surface area contributed by atoms with Crippen LogP contribution in [0.4, 0.5) is 5.69 Å². The monoisotopic (exact) mass is 454 g/mol. The van der Waals surface area contributed by atoms with Gasteiger partial charge in [-0.2, -0.15) is 4.31 Å². The van der Waals surface area contributed by atoms with Crippen LogP contribution < -0.4 is 14.2 Å². The van der Waals surface area contributed by atoms with E-state index in [0.29, 0.717) is 24.8 Å². The smallest absolute Gasteiger partial charge is 0.262 e. The van der Waals surface area contributed by atoms with E-state index in [4.69, 9.17) is 9.47 Å². The Labute approximate surface area is 177 Å². The van der Waals surface area contributed by atoms with Crippen molar-refractivity contribution in [2.24, 2.45) is 5.92 Å². The number of hydrogen-bond donors (Lipinski definition) is 1. The van der Waals surface area contributed by atoms with Gasteiger partial charge in [0.2, 0.25) is 10.0 Å². The zero-order valence-corrected chi connectivity index (χ0v) is 18.8. The van der Waals surface area contributed by atoms with E-state index in [9.17, 15) is 16.8 Å². The Kier molecular flexibility index (Phi) is 6.59. The summed E-state index contributed by atoms with van der Waals surface area (Å²) in [5, 5.41) is 0. The van der Waals surface area contributed by atoms with E-state index >= 15 is 0 Å². The van der Waals surface area contributed by atoms with Gasteiger partial charge in [-0.3, -0.25) is 4.72 Å². The van der Waals surface area contributed by atoms with E-state index in [0.717, 1.165) is 12.8 Å². The molecule has 0 spiro atoms. The zero-order valence-electron chi connectivity index (χ0n) is 17.2. The van der Waals surface area contributed by atoms with Crippen LogP contribution in [0.2, 0.25) is 0 Å². The molecule has 2 aromatic rings. The molecule has 2 aromatic carbocycles. The van der Waals surface area contributed by atoms with Gasteiger partial charge >= 0.3 is 0 Å². The summed E-state index contributed by atoms with van der Waals surface area (Å²) in [6.45, 7) is 3.03. The summed E-state index contributed by atoms with van der Waals surface area (Å²) < 4.78 is 65.3. The van der Waals surface area contributed by atoms with Crippen molar-refractivity contribution in [2.75, 3.05) is 32.0 Å². The summed E-state index contributed by atoms with van der Waals surface area (Å²) in [5.41, 5.74) is 0.260. The maximum atomic E-state index is 12.8. The molecule has 1 atom stereocenters. The van der Waals surface area contributed by atoms with Crippen LogP contribution >= 0.6 is 0 Å². The maximum absolute atomic E-state index is 12.8. The van der Waals surface area contributed by atoms with Crippen molar-refractivity contribution in [2.45, 2.75) is 29.6 Å². The predicted octanol–water partition coefficient (Wildman–Crippen LogP) is 2.93. The van der Waals surface area contributed by atoms with Gasteiger partial charge in [-0.1, -0.05) is 6.92 Å². The molecule has 8 nitrogen and oxygen atoms in total. The summed E-state index contributed by atoms with van der Waals surface area (Å²) in [6, 6.07) is 9.99. The number of rotatable bonds is 7. The van der Waals surface area contributed by atoms with Crippen molar-refractivity contribution in [3.63, 3.8) is 0 Å². The summed E-state index contributed by atoms with van der Waals surface area (Å²) >= 11 is 0. The molecular formula is C20H26N2O6S2. The van der Waals surface area contributed by atoms with Gasteiger partial charge in [0.15, 0.2) is 11.5 Å². The van der Waals surface area contributed by atoms with Crippen LogP contribution in [0, 0.1) is 5.92 Å². The molecule has 0 amide bonds. The number of methoxy groups -OCH3 is 2. The van der Waals surface area contributed by atoms with Crippen LogP contribution in [0.3, 0.4) is 0 Å². The van der Waals surface area contributed by atoms with E-state index in [-0.39, 0.29) is 21.2 Å². The van der Waals surface area contributed by atoms with Crippen molar-refractivity contribution < 1.29 is 26.3 Å². The van der Waals surface area contributed by atoms with Gasteiger partial charge in [0.05, 0.1) is 24.0 Å². The third-order valence-electron chi connectivity index (χ3n) is 5.03. The van der Waals surface area contributed by atoms with Crippen LogP contribution in [0.15, 0.2) is 52.3 Å². The standard InChI is InChI=1S/C20H26N2O6S2/c1-15-5-4-12-22(14-15)30(25,26)17-8-6-16(7-9-17)21-29(23,24)18-10-11-19(27-2)20(13-18)28-3/h6-11,13,15,21H,4-5,12,14H2,1-3H3. The average molecular weight is 455 g/mol. The summed E-state index contributed by atoms with van der Waals surface area (Å²) in [4.78, 5) is 0.143. The molecule has 0 bridgehead atoms. The number of nitrogens with zero attached hydrogens (tertiary/aromatic N) is 1. The number of hydrogen-bond acceptors (Lipinski definition) is 6. The molecule has 0 aliphatic carbocycles. The third kappa shape index (κ3) is 4.71. The lowest BCUT2D eigenvalue weighted by atomic mass is 10.0. The van der Waals surface area contributed by atoms with Crippen LogP contribution in [-0.2, 0) is 20.0 Å². The first-order chi connectivity index (χ1) is 14.2. The lowest BCUT2D eigenvalue weighted by molar-refractivity contribution is 0.281. The molecule has 164 valence electrons. The fourth-order valence-corrected chi connectivity index (χ4v) is 6.08. The van der Waals surface area contributed by atoms with Gasteiger partial charge in [-0.15, -0.1) is 0 Å². The highest BCUT2D eigenvalue weighted by Crippen LogP contribution is 2.30. The molecule has 1 aliphatic rings. The fraction of sp³-hybridized carbons (Fsp3) is 0.400. The highest BCUT2D eigenvalue weighted by molar-refractivity contribution is 7.92. The van der Waals surface area contributed by atoms with Crippen LogP contribution in [-0.4, -0.2) is 48.4 Å². The van der Waals surface area contributed by atoms with Crippen molar-refractivity contribution in [3.8, 4) is 11.5 Å². The lowest BCUT2D eigenvalue weighted by Gasteiger charge is -2.30. The highest BCUT2D eigenvalue weighted by atomic mass is 32.2. The van der Waals surface area contributed by atoms with Gasteiger partial charge in [0.25, 0.3) is 10.0 Å². The van der Waals surface area contributed by atoms with Crippen molar-refractivity contribution >= 4 is 25.7 Å². The zero-order chi connectivity index (χ0) is 21.9. The van der Waals surface area contributed by atoms with Crippen LogP contribution in [0.5, 0.6) is 11.5 Å². The highest BCUT2D eigenvalue weighted by Gasteiger charge is 2.28. The largest absolute Gasteiger partial charge is 0.493 e. The molecule has 30 heavy (non-hydrogen) atoms. The maximum Gasteiger partial charge on any atom is 0.262 e. The molecule has 0 saturated carbocycles. The normalized spacial score (nSPS) is 18.0. The van der Waals surface area contributed by atoms with E-state index < -0.39 is 20.0 Å². The molecule has 1 saturated heterocycles. The molecule has 1 fully saturated rings. The first-order valence-electron chi connectivity index (χ1n) is 9.52. The number of sulfonamides is 2. The second kappa shape index (κ2) is 8.83. The minimum atomic E-state index is -3.89. The van der Waals surface area contributed by atoms with Crippen molar-refractivity contribution in [1.82, 2.24) is 4.31 Å². The Bertz CT molecular complexity index is 1100. The van der Waals surface area contributed by atoms with Crippen LogP contribution in [0.1, 0.15) is 19.8 Å². The van der Waals surface area contributed by atoms with E-state index in [1.54, 1.807) is 0 Å². The number of nitrogens with one attached hydrogen (secondary N) is 1. The molecule has 0 aromatic heterocycles. The fourth-order valence-electron chi connectivity index (χ4n) is 3.41. The Morgan fingerprint density at radius 3 is 2.17 bits per heavy atom. The molecule has 1 unspecified atom stereocenters. The first-order valence-corrected chi connectivity index (χ1v) is 12.4. The molecule has 1 N–H and O–H groups in total. The molecule has 1 aliphatic heterocycles. The number of piperidine rings is 1. The van der Waals surface area contributed by atoms with Gasteiger partial charge in [0, 0.05) is 24.8 Å². The quantitative estimate of drug-likeness (QED) is 0.690. The first kappa shape index (κ1) is 22.4. The van der Waals surface area contributed by atoms with E-state index in [1.807, 2.05) is 6.92 Å². The van der Waals surface area contributed by atoms with Gasteiger partial charge in [-0.05, 0) is 55.2 Å². The molecule has 3 rings (SSSR count). The van der Waals surface area contributed by atoms with E-state index in [1.165, 1.54) is 61.0 Å². The minimum Gasteiger partial charge on any atom is -0.493 e. The Balaban J connectivity index is 1.80. The second-order valence-electron chi connectivity index (χ2n) is 7.26. The predicted molar refractivity (Wildman–Crippen MR) is 114 cm³/mol. The van der Waals surface area contributed by atoms with Gasteiger partial charge < -0.3 is 9.47 Å². The van der Waals surface area contributed by atoms with Crippen LogP contribution in [0.25, 0.3) is 0 Å². The average Bonchev–Trinajstić information content (AvgIpc) is 2.73. The summed E-state index contributed by atoms with van der Waals surface area (Å²) in [6.07, 6.45) is 1.85. The Hall–Kier alpha value is -2.30. The number of ether oxygens (including phenoxy) is 2. The third-order valence-corrected chi connectivity index (χ3v) is 8.29. The van der Waals surface area contributed by atoms with Crippen molar-refractivity contribution in [1.29, 1.82) is 0 Å². The summed E-state index contributed by atoms with van der Waals surface area (Å²) in [7, 11) is -4.61. The van der Waals surface area contributed by atoms with Gasteiger partial charge in [0.1, 0.15) is 0 Å². The topological polar surface area (TPSA) is 102 Å². The molecule has 1 heterocycles. The SMILES string of the molecule is COc1ccc(S(=O)(=O)Nc2ccc(S(=O)(=O)N3CCCC(C)C3)cc2)cc1OC. The minimum absolute atomic E-state index is 0.000785. The summed E-state index contributed by atoms with van der Waals surface area (Å²) in [5.74, 6) is 1.02. The number of benzene rings is 2. The second-order valence-corrected chi connectivity index (χ2v) is 10.9. The lowest BCUT2D eigenvalue weighted by Crippen LogP contribution is -2.39. The van der Waals surface area contributed by atoms with E-state index in [2.05, 4.69) is 4.72 Å². The molecule has 10 heteroatoms. The van der Waals surface area contributed by atoms with Gasteiger partial charge in [-0.25, -0.2) is 16.8 Å². The van der Waals surface area contributed by atoms with Crippen molar-refractivity contribution in [3.05, 3.63) is 42.5 Å². The Morgan fingerprint density at radius 1 is 0.933 bits per heavy atom. The number of anilines is 1.